The van der Waals surface area contributed by atoms with E-state index in [-0.39, 0.29) is 12.3 Å². The van der Waals surface area contributed by atoms with Crippen LogP contribution in [0.3, 0.4) is 0 Å². The third-order valence-electron chi connectivity index (χ3n) is 3.11. The number of rotatable bonds is 7. The van der Waals surface area contributed by atoms with Gasteiger partial charge in [0.15, 0.2) is 11.5 Å². The van der Waals surface area contributed by atoms with Crippen LogP contribution in [-0.4, -0.2) is 25.4 Å². The molecule has 0 amide bonds. The highest BCUT2D eigenvalue weighted by Gasteiger charge is 2.10. The molecule has 0 spiro atoms. The number of nitro groups is 1. The number of non-ortho nitro benzene ring substituents is 1. The molecule has 0 fully saturated rings. The van der Waals surface area contributed by atoms with Crippen molar-refractivity contribution in [3.8, 4) is 11.5 Å². The van der Waals surface area contributed by atoms with Crippen LogP contribution in [0.25, 0.3) is 0 Å². The molecule has 126 valence electrons. The number of hydrogen-bond donors (Lipinski definition) is 0. The Bertz CT molecular complexity index is 747. The fraction of sp³-hybridized carbons (Fsp3) is 0.188. The van der Waals surface area contributed by atoms with E-state index in [0.717, 1.165) is 5.56 Å². The van der Waals surface area contributed by atoms with Crippen molar-refractivity contribution in [3.63, 3.8) is 0 Å². The molecule has 0 heterocycles. The van der Waals surface area contributed by atoms with Crippen LogP contribution in [0.2, 0.25) is 5.02 Å². The summed E-state index contributed by atoms with van der Waals surface area (Å²) in [5.41, 5.74) is 1.48. The molecule has 0 aromatic heterocycles. The fourth-order valence-electron chi connectivity index (χ4n) is 1.94. The number of nitrogens with zero attached hydrogens (tertiary/aromatic N) is 2. The Hall–Kier alpha value is -2.80. The van der Waals surface area contributed by atoms with Gasteiger partial charge in [-0.25, -0.2) is 0 Å². The minimum Gasteiger partial charge on any atom is -0.493 e. The first kappa shape index (κ1) is 17.6. The van der Waals surface area contributed by atoms with Gasteiger partial charge in [-0.1, -0.05) is 16.8 Å². The minimum atomic E-state index is -0.455. The highest BCUT2D eigenvalue weighted by molar-refractivity contribution is 6.32. The molecular weight excluding hydrogens is 336 g/mol. The summed E-state index contributed by atoms with van der Waals surface area (Å²) >= 11 is 6.10. The summed E-state index contributed by atoms with van der Waals surface area (Å²) in [6.07, 6.45) is 1.49. The Morgan fingerprint density at radius 3 is 2.50 bits per heavy atom. The third-order valence-corrected chi connectivity index (χ3v) is 3.39. The monoisotopic (exact) mass is 350 g/mol. The zero-order chi connectivity index (χ0) is 17.5. The molecule has 0 bridgehead atoms. The molecule has 2 aromatic rings. The van der Waals surface area contributed by atoms with Gasteiger partial charge in [-0.15, -0.1) is 0 Å². The molecule has 2 rings (SSSR count). The lowest BCUT2D eigenvalue weighted by molar-refractivity contribution is -0.384. The van der Waals surface area contributed by atoms with Gasteiger partial charge < -0.3 is 14.3 Å². The highest BCUT2D eigenvalue weighted by atomic mass is 35.5. The lowest BCUT2D eigenvalue weighted by Crippen LogP contribution is -1.94. The lowest BCUT2D eigenvalue weighted by Gasteiger charge is -2.09. The number of hydrogen-bond acceptors (Lipinski definition) is 6. The van der Waals surface area contributed by atoms with E-state index in [4.69, 9.17) is 25.9 Å². The van der Waals surface area contributed by atoms with E-state index in [1.54, 1.807) is 24.3 Å². The van der Waals surface area contributed by atoms with Gasteiger partial charge in [0.1, 0.15) is 6.61 Å². The first-order chi connectivity index (χ1) is 11.5. The molecule has 24 heavy (non-hydrogen) atoms. The molecule has 8 heteroatoms. The summed E-state index contributed by atoms with van der Waals surface area (Å²) in [7, 11) is 3.02. The van der Waals surface area contributed by atoms with Crippen LogP contribution in [0.15, 0.2) is 41.6 Å². The van der Waals surface area contributed by atoms with Crippen molar-refractivity contribution < 1.29 is 19.2 Å². The van der Waals surface area contributed by atoms with E-state index in [9.17, 15) is 10.1 Å². The first-order valence-corrected chi connectivity index (χ1v) is 7.23. The summed E-state index contributed by atoms with van der Waals surface area (Å²) in [5, 5.41) is 14.8. The average molecular weight is 351 g/mol. The van der Waals surface area contributed by atoms with Crippen molar-refractivity contribution >= 4 is 23.5 Å². The Kier molecular flexibility index (Phi) is 5.97. The summed E-state index contributed by atoms with van der Waals surface area (Å²) in [6.45, 7) is 0.190. The third kappa shape index (κ3) is 4.36. The molecule has 7 nitrogen and oxygen atoms in total. The second kappa shape index (κ2) is 8.16. The Labute approximate surface area is 143 Å². The van der Waals surface area contributed by atoms with Crippen LogP contribution in [0, 0.1) is 10.1 Å². The van der Waals surface area contributed by atoms with E-state index in [1.807, 2.05) is 0 Å². The van der Waals surface area contributed by atoms with E-state index in [2.05, 4.69) is 5.16 Å². The lowest BCUT2D eigenvalue weighted by atomic mass is 10.2. The molecule has 0 N–H and O–H groups in total. The van der Waals surface area contributed by atoms with Gasteiger partial charge >= 0.3 is 0 Å². The summed E-state index contributed by atoms with van der Waals surface area (Å²) < 4.78 is 10.3. The maximum absolute atomic E-state index is 10.6. The van der Waals surface area contributed by atoms with E-state index < -0.39 is 4.92 Å². The summed E-state index contributed by atoms with van der Waals surface area (Å²) in [5.74, 6) is 0.935. The van der Waals surface area contributed by atoms with Crippen molar-refractivity contribution in [2.24, 2.45) is 5.16 Å². The van der Waals surface area contributed by atoms with Crippen LogP contribution in [0.1, 0.15) is 11.1 Å². The zero-order valence-electron chi connectivity index (χ0n) is 13.1. The van der Waals surface area contributed by atoms with Crippen molar-refractivity contribution in [2.45, 2.75) is 6.61 Å². The Morgan fingerprint density at radius 1 is 1.21 bits per heavy atom. The fourth-order valence-corrected chi connectivity index (χ4v) is 2.23. The molecule has 0 radical (unpaired) electrons. The molecule has 2 aromatic carbocycles. The van der Waals surface area contributed by atoms with Gasteiger partial charge in [-0.05, 0) is 29.8 Å². The van der Waals surface area contributed by atoms with E-state index in [0.29, 0.717) is 22.1 Å². The normalized spacial score (nSPS) is 10.6. The van der Waals surface area contributed by atoms with Crippen molar-refractivity contribution in [1.29, 1.82) is 0 Å². The molecule has 0 aliphatic carbocycles. The maximum atomic E-state index is 10.6. The highest BCUT2D eigenvalue weighted by Crippen LogP contribution is 2.35. The standard InChI is InChI=1S/C16H15ClN2O5/c1-22-15-8-12(7-14(17)16(15)23-2)9-18-24-10-11-3-5-13(6-4-11)19(20)21/h3-9H,10H2,1-2H3/b18-9-. The number of ether oxygens (including phenoxy) is 2. The molecule has 0 saturated heterocycles. The van der Waals surface area contributed by atoms with Crippen LogP contribution in [-0.2, 0) is 11.4 Å². The molecule has 0 aliphatic heterocycles. The molecular formula is C16H15ClN2O5. The number of oxime groups is 1. The Morgan fingerprint density at radius 2 is 1.92 bits per heavy atom. The largest absolute Gasteiger partial charge is 0.493 e. The van der Waals surface area contributed by atoms with Gasteiger partial charge in [0.05, 0.1) is 30.4 Å². The second-order valence-corrected chi connectivity index (χ2v) is 5.08. The number of nitro benzene ring substituents is 1. The Balaban J connectivity index is 1.99. The second-order valence-electron chi connectivity index (χ2n) is 4.67. The summed E-state index contributed by atoms with van der Waals surface area (Å²) in [4.78, 5) is 15.3. The smallest absolute Gasteiger partial charge is 0.269 e. The molecule has 0 unspecified atom stereocenters. The van der Waals surface area contributed by atoms with Crippen LogP contribution in [0.4, 0.5) is 5.69 Å². The maximum Gasteiger partial charge on any atom is 0.269 e. The predicted molar refractivity (Wildman–Crippen MR) is 90.0 cm³/mol. The van der Waals surface area contributed by atoms with Crippen LogP contribution in [0.5, 0.6) is 11.5 Å². The van der Waals surface area contributed by atoms with E-state index in [1.165, 1.54) is 32.6 Å². The van der Waals surface area contributed by atoms with Crippen molar-refractivity contribution in [1.82, 2.24) is 0 Å². The SMILES string of the molecule is COc1cc(/C=N\OCc2ccc([N+](=O)[O-])cc2)cc(Cl)c1OC. The zero-order valence-corrected chi connectivity index (χ0v) is 13.8. The summed E-state index contributed by atoms with van der Waals surface area (Å²) in [6, 6.07) is 9.43. The first-order valence-electron chi connectivity index (χ1n) is 6.85. The van der Waals surface area contributed by atoms with Gasteiger partial charge in [0.25, 0.3) is 5.69 Å². The van der Waals surface area contributed by atoms with Crippen molar-refractivity contribution in [2.75, 3.05) is 14.2 Å². The predicted octanol–water partition coefficient (Wildman–Crippen LogP) is 3.82. The number of benzene rings is 2. The van der Waals surface area contributed by atoms with Gasteiger partial charge in [-0.3, -0.25) is 10.1 Å². The number of methoxy groups -OCH3 is 2. The van der Waals surface area contributed by atoms with E-state index >= 15 is 0 Å². The quantitative estimate of drug-likeness (QED) is 0.430. The van der Waals surface area contributed by atoms with Crippen LogP contribution >= 0.6 is 11.6 Å². The van der Waals surface area contributed by atoms with Crippen molar-refractivity contribution in [3.05, 3.63) is 62.7 Å². The topological polar surface area (TPSA) is 83.2 Å². The van der Waals surface area contributed by atoms with Gasteiger partial charge in [0, 0.05) is 17.7 Å². The minimum absolute atomic E-state index is 0.0298. The molecule has 0 saturated carbocycles. The van der Waals surface area contributed by atoms with Gasteiger partial charge in [-0.2, -0.15) is 0 Å². The average Bonchev–Trinajstić information content (AvgIpc) is 2.58. The number of halogens is 1. The molecule has 0 aliphatic rings. The van der Waals surface area contributed by atoms with Crippen LogP contribution < -0.4 is 9.47 Å². The van der Waals surface area contributed by atoms with Gasteiger partial charge in [0.2, 0.25) is 0 Å². The molecule has 0 atom stereocenters.